The van der Waals surface area contributed by atoms with E-state index in [1.54, 1.807) is 0 Å². The van der Waals surface area contributed by atoms with Crippen LogP contribution in [0.25, 0.3) is 11.0 Å². The number of hydrogen-bond donors (Lipinski definition) is 0. The Morgan fingerprint density at radius 1 is 1.26 bits per heavy atom. The molecule has 2 fully saturated rings. The molecule has 0 spiro atoms. The molecule has 4 nitrogen and oxygen atoms in total. The van der Waals surface area contributed by atoms with Crippen molar-refractivity contribution in [3.05, 3.63) is 35.6 Å². The summed E-state index contributed by atoms with van der Waals surface area (Å²) < 4.78 is 11.0. The summed E-state index contributed by atoms with van der Waals surface area (Å²) in [6, 6.07) is 8.58. The number of furan rings is 1. The third kappa shape index (κ3) is 3.13. The Hall–Kier alpha value is -1.81. The van der Waals surface area contributed by atoms with Crippen LogP contribution in [0.5, 0.6) is 0 Å². The van der Waals surface area contributed by atoms with Crippen LogP contribution in [0.1, 0.15) is 48.7 Å². The van der Waals surface area contributed by atoms with Gasteiger partial charge in [-0.2, -0.15) is 0 Å². The van der Waals surface area contributed by atoms with E-state index in [2.05, 4.69) is 4.90 Å². The van der Waals surface area contributed by atoms with Crippen molar-refractivity contribution in [1.82, 2.24) is 4.90 Å². The van der Waals surface area contributed by atoms with E-state index in [0.717, 1.165) is 35.5 Å². The van der Waals surface area contributed by atoms with Crippen molar-refractivity contribution in [2.75, 3.05) is 13.2 Å². The molecule has 0 aliphatic heterocycles. The molecule has 122 valence electrons. The molecule has 23 heavy (non-hydrogen) atoms. The van der Waals surface area contributed by atoms with Crippen LogP contribution in [0.4, 0.5) is 0 Å². The highest BCUT2D eigenvalue weighted by molar-refractivity contribution is 5.96. The van der Waals surface area contributed by atoms with Crippen molar-refractivity contribution in [3.8, 4) is 0 Å². The van der Waals surface area contributed by atoms with Crippen molar-refractivity contribution >= 4 is 16.9 Å². The van der Waals surface area contributed by atoms with Gasteiger partial charge in [-0.25, -0.2) is 4.79 Å². The maximum Gasteiger partial charge on any atom is 0.374 e. The molecule has 0 radical (unpaired) electrons. The van der Waals surface area contributed by atoms with E-state index in [-0.39, 0.29) is 5.97 Å². The highest BCUT2D eigenvalue weighted by atomic mass is 16.5. The fourth-order valence-corrected chi connectivity index (χ4v) is 3.23. The first-order valence-electron chi connectivity index (χ1n) is 8.68. The summed E-state index contributed by atoms with van der Waals surface area (Å²) in [4.78, 5) is 14.8. The Morgan fingerprint density at radius 3 is 2.74 bits per heavy atom. The van der Waals surface area contributed by atoms with E-state index >= 15 is 0 Å². The SMILES string of the molecule is CCOC(=O)c1oc2ccccc2c1CN(CC1CC1)C1CC1. The average molecular weight is 313 g/mol. The summed E-state index contributed by atoms with van der Waals surface area (Å²) in [5.74, 6) is 0.884. The Labute approximate surface area is 136 Å². The molecular formula is C19H23NO3. The zero-order valence-electron chi connectivity index (χ0n) is 13.6. The van der Waals surface area contributed by atoms with Crippen molar-refractivity contribution in [2.45, 2.75) is 45.2 Å². The van der Waals surface area contributed by atoms with Gasteiger partial charge in [0, 0.05) is 30.1 Å². The quantitative estimate of drug-likeness (QED) is 0.725. The van der Waals surface area contributed by atoms with Gasteiger partial charge in [0.25, 0.3) is 0 Å². The summed E-state index contributed by atoms with van der Waals surface area (Å²) in [6.45, 7) is 4.12. The maximum absolute atomic E-state index is 12.3. The molecule has 4 heteroatoms. The third-order valence-electron chi connectivity index (χ3n) is 4.77. The van der Waals surface area contributed by atoms with Gasteiger partial charge in [-0.05, 0) is 44.6 Å². The monoisotopic (exact) mass is 313 g/mol. The minimum absolute atomic E-state index is 0.346. The number of para-hydroxylation sites is 1. The fraction of sp³-hybridized carbons (Fsp3) is 0.526. The zero-order chi connectivity index (χ0) is 15.8. The number of carbonyl (C=O) groups is 1. The first-order valence-corrected chi connectivity index (χ1v) is 8.68. The molecule has 0 amide bonds. The zero-order valence-corrected chi connectivity index (χ0v) is 13.6. The van der Waals surface area contributed by atoms with Crippen LogP contribution in [0.2, 0.25) is 0 Å². The summed E-state index contributed by atoms with van der Waals surface area (Å²) in [5.41, 5.74) is 1.76. The lowest BCUT2D eigenvalue weighted by molar-refractivity contribution is 0.0489. The smallest absolute Gasteiger partial charge is 0.374 e. The first-order chi connectivity index (χ1) is 11.3. The van der Waals surface area contributed by atoms with Crippen molar-refractivity contribution in [1.29, 1.82) is 0 Å². The van der Waals surface area contributed by atoms with Gasteiger partial charge in [0.2, 0.25) is 5.76 Å². The molecule has 0 atom stereocenters. The largest absolute Gasteiger partial charge is 0.460 e. The van der Waals surface area contributed by atoms with Gasteiger partial charge >= 0.3 is 5.97 Å². The van der Waals surface area contributed by atoms with E-state index in [0.29, 0.717) is 18.4 Å². The Morgan fingerprint density at radius 2 is 2.04 bits per heavy atom. The number of rotatable bonds is 7. The maximum atomic E-state index is 12.3. The molecule has 0 unspecified atom stereocenters. The van der Waals surface area contributed by atoms with Gasteiger partial charge in [0.15, 0.2) is 0 Å². The van der Waals surface area contributed by atoms with E-state index < -0.39 is 0 Å². The van der Waals surface area contributed by atoms with Crippen LogP contribution in [0.3, 0.4) is 0 Å². The number of esters is 1. The molecule has 4 rings (SSSR count). The van der Waals surface area contributed by atoms with Gasteiger partial charge in [-0.1, -0.05) is 18.2 Å². The summed E-state index contributed by atoms with van der Waals surface area (Å²) in [6.07, 6.45) is 5.24. The highest BCUT2D eigenvalue weighted by Crippen LogP contribution is 2.37. The predicted octanol–water partition coefficient (Wildman–Crippen LogP) is 3.98. The van der Waals surface area contributed by atoms with Crippen molar-refractivity contribution < 1.29 is 13.9 Å². The van der Waals surface area contributed by atoms with Crippen molar-refractivity contribution in [2.24, 2.45) is 5.92 Å². The lowest BCUT2D eigenvalue weighted by Crippen LogP contribution is -2.28. The second-order valence-corrected chi connectivity index (χ2v) is 6.73. The number of nitrogens with zero attached hydrogens (tertiary/aromatic N) is 1. The molecule has 1 heterocycles. The second-order valence-electron chi connectivity index (χ2n) is 6.73. The minimum atomic E-state index is -0.346. The molecule has 2 aliphatic carbocycles. The van der Waals surface area contributed by atoms with Crippen LogP contribution >= 0.6 is 0 Å². The molecule has 0 saturated heterocycles. The lowest BCUT2D eigenvalue weighted by atomic mass is 10.1. The standard InChI is InChI=1S/C19H23NO3/c1-2-22-19(21)18-16(15-5-3-4-6-17(15)23-18)12-20(14-9-10-14)11-13-7-8-13/h3-6,13-14H,2,7-12H2,1H3. The number of hydrogen-bond acceptors (Lipinski definition) is 4. The predicted molar refractivity (Wildman–Crippen MR) is 88.3 cm³/mol. The second kappa shape index (κ2) is 6.00. The number of benzene rings is 1. The minimum Gasteiger partial charge on any atom is -0.460 e. The van der Waals surface area contributed by atoms with Gasteiger partial charge in [0.1, 0.15) is 5.58 Å². The average Bonchev–Trinajstić information content (AvgIpc) is 3.45. The topological polar surface area (TPSA) is 42.7 Å². The molecule has 0 bridgehead atoms. The van der Waals surface area contributed by atoms with Gasteiger partial charge < -0.3 is 9.15 Å². The van der Waals surface area contributed by atoms with Crippen LogP contribution in [-0.2, 0) is 11.3 Å². The summed E-state index contributed by atoms with van der Waals surface area (Å²) in [5, 5.41) is 1.04. The third-order valence-corrected chi connectivity index (χ3v) is 4.77. The van der Waals surface area contributed by atoms with Gasteiger partial charge in [0.05, 0.1) is 6.61 Å². The normalized spacial score (nSPS) is 17.8. The fourth-order valence-electron chi connectivity index (χ4n) is 3.23. The highest BCUT2D eigenvalue weighted by Gasteiger charge is 2.35. The van der Waals surface area contributed by atoms with Crippen LogP contribution in [0.15, 0.2) is 28.7 Å². The molecule has 0 N–H and O–H groups in total. The number of fused-ring (bicyclic) bond motifs is 1. The molecule has 2 saturated carbocycles. The van der Waals surface area contributed by atoms with Crippen LogP contribution in [-0.4, -0.2) is 30.1 Å². The Kier molecular flexibility index (Phi) is 3.85. The number of ether oxygens (including phenoxy) is 1. The van der Waals surface area contributed by atoms with Crippen LogP contribution in [0, 0.1) is 5.92 Å². The van der Waals surface area contributed by atoms with E-state index in [1.165, 1.54) is 25.7 Å². The Balaban J connectivity index is 1.67. The molecular weight excluding hydrogens is 290 g/mol. The molecule has 1 aromatic carbocycles. The van der Waals surface area contributed by atoms with E-state index in [1.807, 2.05) is 31.2 Å². The summed E-state index contributed by atoms with van der Waals surface area (Å²) >= 11 is 0. The number of carbonyl (C=O) groups excluding carboxylic acids is 1. The molecule has 2 aliphatic rings. The van der Waals surface area contributed by atoms with Crippen LogP contribution < -0.4 is 0 Å². The molecule has 2 aromatic rings. The van der Waals surface area contributed by atoms with E-state index in [4.69, 9.17) is 9.15 Å². The van der Waals surface area contributed by atoms with Gasteiger partial charge in [-0.3, -0.25) is 4.90 Å². The lowest BCUT2D eigenvalue weighted by Gasteiger charge is -2.21. The van der Waals surface area contributed by atoms with Gasteiger partial charge in [-0.15, -0.1) is 0 Å². The Bertz CT molecular complexity index is 712. The van der Waals surface area contributed by atoms with E-state index in [9.17, 15) is 4.79 Å². The summed E-state index contributed by atoms with van der Waals surface area (Å²) in [7, 11) is 0. The first kappa shape index (κ1) is 14.8. The van der Waals surface area contributed by atoms with Crippen molar-refractivity contribution in [3.63, 3.8) is 0 Å². The molecule has 1 aromatic heterocycles.